The monoisotopic (exact) mass is 217 g/mol. The molecule has 1 atom stereocenters. The van der Waals surface area contributed by atoms with E-state index in [4.69, 9.17) is 0 Å². The fourth-order valence-corrected chi connectivity index (χ4v) is 2.45. The molecule has 0 aliphatic carbocycles. The number of hydrogen-bond acceptors (Lipinski definition) is 1. The van der Waals surface area contributed by atoms with Crippen molar-refractivity contribution in [3.63, 3.8) is 0 Å². The molecule has 0 fully saturated rings. The van der Waals surface area contributed by atoms with Crippen LogP contribution < -0.4 is 0 Å². The maximum atomic E-state index is 2.53. The summed E-state index contributed by atoms with van der Waals surface area (Å²) in [5, 5.41) is 0. The first kappa shape index (κ1) is 11.7. The Balaban J connectivity index is 2.23. The van der Waals surface area contributed by atoms with Crippen LogP contribution in [0.1, 0.15) is 49.8 Å². The van der Waals surface area contributed by atoms with Gasteiger partial charge in [-0.1, -0.05) is 39.0 Å². The van der Waals surface area contributed by atoms with E-state index in [1.54, 1.807) is 11.1 Å². The summed E-state index contributed by atoms with van der Waals surface area (Å²) in [5.74, 6) is 0.697. The Morgan fingerprint density at radius 3 is 2.75 bits per heavy atom. The largest absolute Gasteiger partial charge is 0.299 e. The van der Waals surface area contributed by atoms with Gasteiger partial charge in [0, 0.05) is 13.1 Å². The second kappa shape index (κ2) is 5.01. The molecule has 88 valence electrons. The van der Waals surface area contributed by atoms with Crippen LogP contribution >= 0.6 is 0 Å². The van der Waals surface area contributed by atoms with Crippen molar-refractivity contribution in [3.05, 3.63) is 34.9 Å². The number of fused-ring (bicyclic) bond motifs is 1. The minimum absolute atomic E-state index is 0.697. The second-order valence-corrected chi connectivity index (χ2v) is 4.96. The first-order chi connectivity index (χ1) is 7.74. The van der Waals surface area contributed by atoms with Gasteiger partial charge in [-0.25, -0.2) is 0 Å². The van der Waals surface area contributed by atoms with E-state index in [9.17, 15) is 0 Å². The highest BCUT2D eigenvalue weighted by Gasteiger charge is 2.15. The van der Waals surface area contributed by atoms with Gasteiger partial charge in [0.25, 0.3) is 0 Å². The molecule has 1 aliphatic rings. The third-order valence-corrected chi connectivity index (χ3v) is 3.95. The van der Waals surface area contributed by atoms with E-state index >= 15 is 0 Å². The number of benzene rings is 1. The predicted octanol–water partition coefficient (Wildman–Crippen LogP) is 3.58. The highest BCUT2D eigenvalue weighted by atomic mass is 15.1. The lowest BCUT2D eigenvalue weighted by atomic mass is 9.91. The lowest BCUT2D eigenvalue weighted by molar-refractivity contribution is 0.268. The van der Waals surface area contributed by atoms with Crippen LogP contribution in [-0.2, 0) is 13.0 Å². The molecule has 0 saturated heterocycles. The van der Waals surface area contributed by atoms with Crippen LogP contribution in [0.15, 0.2) is 18.2 Å². The van der Waals surface area contributed by atoms with Gasteiger partial charge in [-0.2, -0.15) is 0 Å². The third kappa shape index (κ3) is 2.30. The van der Waals surface area contributed by atoms with E-state index in [0.717, 1.165) is 6.54 Å². The maximum Gasteiger partial charge on any atom is 0.0236 e. The van der Waals surface area contributed by atoms with E-state index < -0.39 is 0 Å². The Bertz CT molecular complexity index is 356. The zero-order valence-corrected chi connectivity index (χ0v) is 10.8. The van der Waals surface area contributed by atoms with Gasteiger partial charge in [0.1, 0.15) is 0 Å². The van der Waals surface area contributed by atoms with Crippen LogP contribution in [0.5, 0.6) is 0 Å². The second-order valence-electron chi connectivity index (χ2n) is 4.96. The number of hydrogen-bond donors (Lipinski definition) is 0. The van der Waals surface area contributed by atoms with Gasteiger partial charge >= 0.3 is 0 Å². The molecule has 0 N–H and O–H groups in total. The van der Waals surface area contributed by atoms with Crippen LogP contribution in [0, 0.1) is 0 Å². The van der Waals surface area contributed by atoms with Crippen LogP contribution in [0.25, 0.3) is 0 Å². The van der Waals surface area contributed by atoms with Crippen LogP contribution in [0.2, 0.25) is 0 Å². The van der Waals surface area contributed by atoms with Gasteiger partial charge < -0.3 is 0 Å². The fraction of sp³-hybridized carbons (Fsp3) is 0.600. The minimum atomic E-state index is 0.697. The van der Waals surface area contributed by atoms with Crippen molar-refractivity contribution in [2.24, 2.45) is 0 Å². The average Bonchev–Trinajstić information content (AvgIpc) is 2.36. The normalized spacial score (nSPS) is 18.2. The highest BCUT2D eigenvalue weighted by Crippen LogP contribution is 2.25. The van der Waals surface area contributed by atoms with Crippen molar-refractivity contribution >= 4 is 0 Å². The van der Waals surface area contributed by atoms with Gasteiger partial charge in [0.2, 0.25) is 0 Å². The first-order valence-electron chi connectivity index (χ1n) is 6.58. The fourth-order valence-electron chi connectivity index (χ4n) is 2.45. The summed E-state index contributed by atoms with van der Waals surface area (Å²) in [4.78, 5) is 2.53. The zero-order chi connectivity index (χ0) is 11.5. The van der Waals surface area contributed by atoms with Crippen molar-refractivity contribution in [1.29, 1.82) is 0 Å². The summed E-state index contributed by atoms with van der Waals surface area (Å²) in [6, 6.07) is 7.11. The van der Waals surface area contributed by atoms with E-state index in [1.165, 1.54) is 31.5 Å². The van der Waals surface area contributed by atoms with Gasteiger partial charge in [0.05, 0.1) is 0 Å². The van der Waals surface area contributed by atoms with Crippen LogP contribution in [0.3, 0.4) is 0 Å². The van der Waals surface area contributed by atoms with Gasteiger partial charge in [0.15, 0.2) is 0 Å². The van der Waals surface area contributed by atoms with Gasteiger partial charge in [-0.05, 0) is 42.0 Å². The standard InChI is InChI=1S/C15H23N/c1-4-12(3)14-7-6-13-8-9-16(5-2)11-15(13)10-14/h6-7,10,12H,4-5,8-9,11H2,1-3H3. The minimum Gasteiger partial charge on any atom is -0.299 e. The van der Waals surface area contributed by atoms with Crippen molar-refractivity contribution in [1.82, 2.24) is 4.90 Å². The Morgan fingerprint density at radius 2 is 2.06 bits per heavy atom. The number of likely N-dealkylation sites (N-methyl/N-ethyl adjacent to an activating group) is 1. The average molecular weight is 217 g/mol. The summed E-state index contributed by atoms with van der Waals surface area (Å²) >= 11 is 0. The van der Waals surface area contributed by atoms with E-state index in [2.05, 4.69) is 43.9 Å². The molecule has 0 amide bonds. The molecule has 1 aromatic carbocycles. The molecule has 2 rings (SSSR count). The molecule has 0 aromatic heterocycles. The summed E-state index contributed by atoms with van der Waals surface area (Å²) in [7, 11) is 0. The van der Waals surface area contributed by atoms with E-state index in [-0.39, 0.29) is 0 Å². The van der Waals surface area contributed by atoms with Crippen molar-refractivity contribution < 1.29 is 0 Å². The first-order valence-corrected chi connectivity index (χ1v) is 6.58. The lowest BCUT2D eigenvalue weighted by Crippen LogP contribution is -2.30. The molecule has 1 heterocycles. The summed E-state index contributed by atoms with van der Waals surface area (Å²) in [6.45, 7) is 10.4. The molecule has 1 heteroatoms. The topological polar surface area (TPSA) is 3.24 Å². The molecular formula is C15H23N. The molecular weight excluding hydrogens is 194 g/mol. The summed E-state index contributed by atoms with van der Waals surface area (Å²) in [6.07, 6.45) is 2.46. The molecule has 1 aliphatic heterocycles. The molecule has 0 saturated carbocycles. The van der Waals surface area contributed by atoms with E-state index in [1.807, 2.05) is 0 Å². The number of rotatable bonds is 3. The third-order valence-electron chi connectivity index (χ3n) is 3.95. The molecule has 16 heavy (non-hydrogen) atoms. The Kier molecular flexibility index (Phi) is 3.65. The number of nitrogens with zero attached hydrogens (tertiary/aromatic N) is 1. The quantitative estimate of drug-likeness (QED) is 0.748. The summed E-state index contributed by atoms with van der Waals surface area (Å²) < 4.78 is 0. The van der Waals surface area contributed by atoms with Crippen molar-refractivity contribution in [2.45, 2.75) is 46.1 Å². The Morgan fingerprint density at radius 1 is 1.25 bits per heavy atom. The Hall–Kier alpha value is -0.820. The van der Waals surface area contributed by atoms with Crippen molar-refractivity contribution in [3.8, 4) is 0 Å². The zero-order valence-electron chi connectivity index (χ0n) is 10.8. The molecule has 0 spiro atoms. The van der Waals surface area contributed by atoms with Crippen LogP contribution in [-0.4, -0.2) is 18.0 Å². The van der Waals surface area contributed by atoms with E-state index in [0.29, 0.717) is 5.92 Å². The highest BCUT2D eigenvalue weighted by molar-refractivity contribution is 5.35. The maximum absolute atomic E-state index is 2.53. The molecule has 0 radical (unpaired) electrons. The smallest absolute Gasteiger partial charge is 0.0236 e. The SMILES string of the molecule is CCC(C)c1ccc2c(c1)CN(CC)CC2. The predicted molar refractivity (Wildman–Crippen MR) is 69.8 cm³/mol. The molecule has 0 bridgehead atoms. The van der Waals surface area contributed by atoms with Gasteiger partial charge in [-0.3, -0.25) is 4.90 Å². The molecule has 1 aromatic rings. The Labute approximate surface area is 99.5 Å². The van der Waals surface area contributed by atoms with Gasteiger partial charge in [-0.15, -0.1) is 0 Å². The lowest BCUT2D eigenvalue weighted by Gasteiger charge is -2.28. The van der Waals surface area contributed by atoms with Crippen molar-refractivity contribution in [2.75, 3.05) is 13.1 Å². The summed E-state index contributed by atoms with van der Waals surface area (Å²) in [5.41, 5.74) is 4.64. The molecule has 1 unspecified atom stereocenters. The van der Waals surface area contributed by atoms with Crippen LogP contribution in [0.4, 0.5) is 0 Å². The molecule has 1 nitrogen and oxygen atoms in total.